The molecule has 41 heavy (non-hydrogen) atoms. The summed E-state index contributed by atoms with van der Waals surface area (Å²) in [5.41, 5.74) is 1.74. The van der Waals surface area contributed by atoms with Gasteiger partial charge in [0, 0.05) is 0 Å². The summed E-state index contributed by atoms with van der Waals surface area (Å²) in [7, 11) is -6.53. The van der Waals surface area contributed by atoms with Crippen molar-refractivity contribution in [2.45, 2.75) is 38.9 Å². The molecular weight excluding hydrogens is 566 g/mol. The van der Waals surface area contributed by atoms with E-state index in [2.05, 4.69) is 10.4 Å². The van der Waals surface area contributed by atoms with Crippen LogP contribution in [-0.4, -0.2) is 33.0 Å². The van der Waals surface area contributed by atoms with Gasteiger partial charge < -0.3 is 28.4 Å². The number of ether oxygens (including phenoxy) is 2. The van der Waals surface area contributed by atoms with Crippen LogP contribution >= 0.6 is 15.1 Å². The molecule has 0 aliphatic rings. The van der Waals surface area contributed by atoms with E-state index in [1.165, 1.54) is 7.11 Å². The monoisotopic (exact) mass is 604 g/mol. The van der Waals surface area contributed by atoms with E-state index in [1.807, 2.05) is 30.3 Å². The van der Waals surface area contributed by atoms with Gasteiger partial charge in [0.1, 0.15) is 23.9 Å². The summed E-state index contributed by atoms with van der Waals surface area (Å²) in [5.74, 6) is -1.85. The summed E-state index contributed by atoms with van der Waals surface area (Å²) >= 11 is 0. The Morgan fingerprint density at radius 2 is 1.27 bits per heavy atom. The Kier molecular flexibility index (Phi) is 12.6. The molecule has 3 atom stereocenters. The number of rotatable bonds is 16. The highest BCUT2D eigenvalue weighted by Crippen LogP contribution is 2.66. The first-order chi connectivity index (χ1) is 19.8. The van der Waals surface area contributed by atoms with Crippen molar-refractivity contribution < 1.29 is 37.0 Å². The van der Waals surface area contributed by atoms with Gasteiger partial charge in [-0.1, -0.05) is 72.8 Å². The number of hydrogen-bond acceptors (Lipinski definition) is 8. The van der Waals surface area contributed by atoms with E-state index in [1.54, 1.807) is 75.4 Å². The zero-order valence-corrected chi connectivity index (χ0v) is 25.5. The normalized spacial score (nSPS) is 14.4. The first kappa shape index (κ1) is 32.5. The van der Waals surface area contributed by atoms with Crippen molar-refractivity contribution in [1.29, 1.82) is 0 Å². The average molecular weight is 605 g/mol. The van der Waals surface area contributed by atoms with E-state index in [4.69, 9.17) is 23.0 Å². The first-order valence-electron chi connectivity index (χ1n) is 13.4. The highest BCUT2D eigenvalue weighted by atomic mass is 31.2. The summed E-state index contributed by atoms with van der Waals surface area (Å²) in [6, 6.07) is 24.6. The molecule has 0 fully saturated rings. The number of carbonyl (C=O) groups is 1. The lowest BCUT2D eigenvalue weighted by Gasteiger charge is -2.34. The minimum atomic E-state index is -4.12. The SMILES string of the molecule is CCOP(=O)(NC(c1ccccc1)P(=O)(OCC)OCC)C(NC(=O)OCc1ccccc1)c1ccc(OC)cc1. The van der Waals surface area contributed by atoms with E-state index in [-0.39, 0.29) is 26.4 Å². The molecule has 10 nitrogen and oxygen atoms in total. The van der Waals surface area contributed by atoms with E-state index in [9.17, 15) is 13.9 Å². The Morgan fingerprint density at radius 3 is 1.80 bits per heavy atom. The van der Waals surface area contributed by atoms with E-state index < -0.39 is 32.8 Å². The Bertz CT molecular complexity index is 1300. The smallest absolute Gasteiger partial charge is 0.408 e. The molecule has 0 saturated carbocycles. The van der Waals surface area contributed by atoms with Crippen molar-refractivity contribution in [1.82, 2.24) is 10.4 Å². The summed E-state index contributed by atoms with van der Waals surface area (Å²) in [4.78, 5) is 13.1. The third-order valence-corrected chi connectivity index (χ3v) is 10.8. The molecule has 0 aromatic heterocycles. The second-order valence-corrected chi connectivity index (χ2v) is 13.1. The van der Waals surface area contributed by atoms with E-state index in [0.717, 1.165) is 5.56 Å². The fourth-order valence-electron chi connectivity index (χ4n) is 4.09. The van der Waals surface area contributed by atoms with Crippen molar-refractivity contribution in [3.05, 3.63) is 102 Å². The average Bonchev–Trinajstić information content (AvgIpc) is 2.99. The van der Waals surface area contributed by atoms with Crippen LogP contribution in [-0.2, 0) is 34.0 Å². The molecule has 0 heterocycles. The fourth-order valence-corrected chi connectivity index (χ4v) is 8.85. The zero-order valence-electron chi connectivity index (χ0n) is 23.7. The molecule has 0 bridgehead atoms. The standard InChI is InChI=1S/C29H38N2O8P2/c1-5-37-40(33,31-28(24-16-12-9-13-17-24)41(34,38-6-2)39-7-3)27(25-18-20-26(35-4)21-19-25)30-29(32)36-22-23-14-10-8-11-15-23/h8-21,27-28H,5-7,22H2,1-4H3,(H,30,32)(H,31,33). The predicted octanol–water partition coefficient (Wildman–Crippen LogP) is 7.40. The van der Waals surface area contributed by atoms with Crippen LogP contribution in [0.5, 0.6) is 5.75 Å². The maximum atomic E-state index is 14.8. The number of nitrogens with one attached hydrogen (secondary N) is 2. The minimum Gasteiger partial charge on any atom is -0.497 e. The van der Waals surface area contributed by atoms with Gasteiger partial charge in [-0.3, -0.25) is 9.13 Å². The highest BCUT2D eigenvalue weighted by molar-refractivity contribution is 7.59. The third-order valence-electron chi connectivity index (χ3n) is 5.91. The largest absolute Gasteiger partial charge is 0.497 e. The third kappa shape index (κ3) is 9.01. The molecule has 3 aromatic rings. The van der Waals surface area contributed by atoms with Crippen molar-refractivity contribution in [3.63, 3.8) is 0 Å². The van der Waals surface area contributed by atoms with E-state index >= 15 is 0 Å². The number of amides is 1. The Balaban J connectivity index is 2.05. The van der Waals surface area contributed by atoms with Crippen molar-refractivity contribution in [2.24, 2.45) is 0 Å². The maximum Gasteiger partial charge on any atom is 0.408 e. The van der Waals surface area contributed by atoms with Gasteiger partial charge in [-0.15, -0.1) is 0 Å². The van der Waals surface area contributed by atoms with Gasteiger partial charge in [0.2, 0.25) is 0 Å². The topological polar surface area (TPSA) is 121 Å². The van der Waals surface area contributed by atoms with Gasteiger partial charge in [0.05, 0.1) is 26.9 Å². The fraction of sp³-hybridized carbons (Fsp3) is 0.345. The minimum absolute atomic E-state index is 0.00485. The summed E-state index contributed by atoms with van der Waals surface area (Å²) in [5, 5.41) is 5.70. The Morgan fingerprint density at radius 1 is 0.732 bits per heavy atom. The number of methoxy groups -OCH3 is 1. The summed E-state index contributed by atoms with van der Waals surface area (Å²) < 4.78 is 56.9. The van der Waals surface area contributed by atoms with E-state index in [0.29, 0.717) is 16.9 Å². The van der Waals surface area contributed by atoms with Crippen LogP contribution < -0.4 is 15.1 Å². The summed E-state index contributed by atoms with van der Waals surface area (Å²) in [6.45, 7) is 5.27. The van der Waals surface area contributed by atoms with Gasteiger partial charge in [0.15, 0.2) is 0 Å². The van der Waals surface area contributed by atoms with Crippen LogP contribution in [0, 0.1) is 0 Å². The van der Waals surface area contributed by atoms with Crippen LogP contribution in [0.4, 0.5) is 4.79 Å². The molecule has 0 aliphatic heterocycles. The molecule has 3 aromatic carbocycles. The first-order valence-corrected chi connectivity index (χ1v) is 16.7. The van der Waals surface area contributed by atoms with Gasteiger partial charge in [0.25, 0.3) is 7.52 Å². The van der Waals surface area contributed by atoms with Gasteiger partial charge in [-0.05, 0) is 49.6 Å². The van der Waals surface area contributed by atoms with Gasteiger partial charge >= 0.3 is 13.7 Å². The molecule has 3 unspecified atom stereocenters. The second kappa shape index (κ2) is 15.9. The highest BCUT2D eigenvalue weighted by Gasteiger charge is 2.46. The summed E-state index contributed by atoms with van der Waals surface area (Å²) in [6.07, 6.45) is -0.814. The number of hydrogen-bond donors (Lipinski definition) is 2. The Hall–Kier alpha value is -2.97. The molecule has 2 N–H and O–H groups in total. The molecule has 12 heteroatoms. The lowest BCUT2D eigenvalue weighted by molar-refractivity contribution is 0.137. The lowest BCUT2D eigenvalue weighted by atomic mass is 10.2. The molecule has 222 valence electrons. The molecule has 0 saturated heterocycles. The zero-order chi connectivity index (χ0) is 29.7. The molecule has 1 amide bonds. The lowest BCUT2D eigenvalue weighted by Crippen LogP contribution is -2.34. The molecule has 0 radical (unpaired) electrons. The second-order valence-electron chi connectivity index (χ2n) is 8.71. The van der Waals surface area contributed by atoms with Crippen molar-refractivity contribution in [3.8, 4) is 5.75 Å². The van der Waals surface area contributed by atoms with Crippen molar-refractivity contribution in [2.75, 3.05) is 26.9 Å². The van der Waals surface area contributed by atoms with Crippen molar-refractivity contribution >= 4 is 21.2 Å². The maximum absolute atomic E-state index is 14.8. The Labute approximate surface area is 241 Å². The van der Waals surface area contributed by atoms with Crippen LogP contribution in [0.2, 0.25) is 0 Å². The molecule has 0 aliphatic carbocycles. The number of carbonyl (C=O) groups excluding carboxylic acids is 1. The molecular formula is C29H38N2O8P2. The number of alkyl carbamates (subject to hydrolysis) is 1. The van der Waals surface area contributed by atoms with Crippen LogP contribution in [0.1, 0.15) is 49.0 Å². The quantitative estimate of drug-likeness (QED) is 0.161. The van der Waals surface area contributed by atoms with Crippen LogP contribution in [0.15, 0.2) is 84.9 Å². The van der Waals surface area contributed by atoms with Gasteiger partial charge in [-0.25, -0.2) is 9.88 Å². The molecule has 0 spiro atoms. The number of benzene rings is 3. The van der Waals surface area contributed by atoms with Crippen LogP contribution in [0.25, 0.3) is 0 Å². The van der Waals surface area contributed by atoms with Crippen LogP contribution in [0.3, 0.4) is 0 Å². The predicted molar refractivity (Wildman–Crippen MR) is 158 cm³/mol. The van der Waals surface area contributed by atoms with Gasteiger partial charge in [-0.2, -0.15) is 0 Å². The molecule has 3 rings (SSSR count).